The molecule has 17 heavy (non-hydrogen) atoms. The lowest BCUT2D eigenvalue weighted by molar-refractivity contribution is -0.139. The van der Waals surface area contributed by atoms with E-state index in [4.69, 9.17) is 0 Å². The number of carbonyl (C=O) groups is 1. The Morgan fingerprint density at radius 3 is 2.82 bits per heavy atom. The largest absolute Gasteiger partial charge is 0.387 e. The number of likely N-dealkylation sites (N-methyl/N-ethyl adjacent to an activating group) is 1. The molecule has 1 aliphatic carbocycles. The summed E-state index contributed by atoms with van der Waals surface area (Å²) in [6, 6.07) is 0. The standard InChI is InChI=1S/C13H22N2O2/c1-3-13(17)9-15(10-13)8-12(16)14(2)11-6-4-5-7-11/h6,17H,3-5,7-10H2,1-2H3. The van der Waals surface area contributed by atoms with Gasteiger partial charge in [0.1, 0.15) is 0 Å². The van der Waals surface area contributed by atoms with Crippen LogP contribution in [0.25, 0.3) is 0 Å². The van der Waals surface area contributed by atoms with E-state index in [2.05, 4.69) is 6.08 Å². The highest BCUT2D eigenvalue weighted by Crippen LogP contribution is 2.25. The molecule has 0 unspecified atom stereocenters. The molecule has 0 spiro atoms. The molecule has 0 atom stereocenters. The minimum atomic E-state index is -0.550. The molecule has 1 saturated heterocycles. The Hall–Kier alpha value is -0.870. The van der Waals surface area contributed by atoms with Crippen LogP contribution >= 0.6 is 0 Å². The molecule has 0 aromatic rings. The van der Waals surface area contributed by atoms with Gasteiger partial charge in [0.2, 0.25) is 5.91 Å². The van der Waals surface area contributed by atoms with Gasteiger partial charge in [-0.2, -0.15) is 0 Å². The zero-order valence-corrected chi connectivity index (χ0v) is 10.8. The normalized spacial score (nSPS) is 23.1. The summed E-state index contributed by atoms with van der Waals surface area (Å²) in [7, 11) is 1.85. The van der Waals surface area contributed by atoms with E-state index in [-0.39, 0.29) is 5.91 Å². The number of aliphatic hydroxyl groups is 1. The number of likely N-dealkylation sites (tertiary alicyclic amines) is 1. The molecule has 0 bridgehead atoms. The molecule has 0 radical (unpaired) electrons. The summed E-state index contributed by atoms with van der Waals surface area (Å²) in [5, 5.41) is 9.87. The fraction of sp³-hybridized carbons (Fsp3) is 0.769. The number of hydrogen-bond donors (Lipinski definition) is 1. The van der Waals surface area contributed by atoms with Gasteiger partial charge >= 0.3 is 0 Å². The number of nitrogens with zero attached hydrogens (tertiary/aromatic N) is 2. The highest BCUT2D eigenvalue weighted by Gasteiger charge is 2.40. The average molecular weight is 238 g/mol. The van der Waals surface area contributed by atoms with Gasteiger partial charge in [0.15, 0.2) is 0 Å². The minimum absolute atomic E-state index is 0.135. The third kappa shape index (κ3) is 2.69. The SMILES string of the molecule is CCC1(O)CN(CC(=O)N(C)C2=CCCC2)C1. The highest BCUT2D eigenvalue weighted by atomic mass is 16.3. The van der Waals surface area contributed by atoms with Crippen molar-refractivity contribution in [2.45, 2.75) is 38.2 Å². The topological polar surface area (TPSA) is 43.8 Å². The van der Waals surface area contributed by atoms with Crippen molar-refractivity contribution in [3.63, 3.8) is 0 Å². The molecular weight excluding hydrogens is 216 g/mol. The summed E-state index contributed by atoms with van der Waals surface area (Å²) < 4.78 is 0. The van der Waals surface area contributed by atoms with Gasteiger partial charge in [0.05, 0.1) is 12.1 Å². The van der Waals surface area contributed by atoms with E-state index in [9.17, 15) is 9.90 Å². The first kappa shape index (κ1) is 12.6. The van der Waals surface area contributed by atoms with E-state index in [0.717, 1.165) is 31.4 Å². The van der Waals surface area contributed by atoms with Crippen molar-refractivity contribution in [1.29, 1.82) is 0 Å². The van der Waals surface area contributed by atoms with Crippen LogP contribution in [0.4, 0.5) is 0 Å². The second-order valence-corrected chi connectivity index (χ2v) is 5.26. The first-order valence-electron chi connectivity index (χ1n) is 6.44. The van der Waals surface area contributed by atoms with Crippen molar-refractivity contribution < 1.29 is 9.90 Å². The Labute approximate surface area is 103 Å². The third-order valence-corrected chi connectivity index (χ3v) is 3.87. The van der Waals surface area contributed by atoms with Crippen molar-refractivity contribution in [1.82, 2.24) is 9.80 Å². The van der Waals surface area contributed by atoms with Crippen LogP contribution in [-0.2, 0) is 4.79 Å². The second-order valence-electron chi connectivity index (χ2n) is 5.26. The van der Waals surface area contributed by atoms with Crippen molar-refractivity contribution in [3.05, 3.63) is 11.8 Å². The number of rotatable bonds is 4. The average Bonchev–Trinajstić information content (AvgIpc) is 2.78. The Morgan fingerprint density at radius 2 is 2.29 bits per heavy atom. The van der Waals surface area contributed by atoms with Crippen LogP contribution in [0, 0.1) is 0 Å². The van der Waals surface area contributed by atoms with Crippen LogP contribution in [-0.4, -0.2) is 53.1 Å². The molecule has 0 aromatic carbocycles. The predicted octanol–water partition coefficient (Wildman–Crippen LogP) is 0.969. The molecule has 1 fully saturated rings. The fourth-order valence-electron chi connectivity index (χ4n) is 2.54. The maximum Gasteiger partial charge on any atom is 0.240 e. The van der Waals surface area contributed by atoms with Gasteiger partial charge in [-0.25, -0.2) is 0 Å². The summed E-state index contributed by atoms with van der Waals surface area (Å²) in [6.45, 7) is 3.66. The molecule has 0 saturated carbocycles. The van der Waals surface area contributed by atoms with Crippen molar-refractivity contribution in [2.24, 2.45) is 0 Å². The lowest BCUT2D eigenvalue weighted by atomic mass is 9.91. The summed E-state index contributed by atoms with van der Waals surface area (Å²) >= 11 is 0. The molecule has 1 N–H and O–H groups in total. The molecule has 4 nitrogen and oxygen atoms in total. The lowest BCUT2D eigenvalue weighted by Gasteiger charge is -2.46. The maximum absolute atomic E-state index is 12.0. The Balaban J connectivity index is 1.78. The van der Waals surface area contributed by atoms with Crippen LogP contribution in [0.1, 0.15) is 32.6 Å². The van der Waals surface area contributed by atoms with E-state index in [1.54, 1.807) is 4.90 Å². The first-order valence-corrected chi connectivity index (χ1v) is 6.44. The number of hydrogen-bond acceptors (Lipinski definition) is 3. The molecule has 0 aromatic heterocycles. The zero-order chi connectivity index (χ0) is 12.5. The van der Waals surface area contributed by atoms with Crippen molar-refractivity contribution in [2.75, 3.05) is 26.7 Å². The predicted molar refractivity (Wildman–Crippen MR) is 66.4 cm³/mol. The van der Waals surface area contributed by atoms with Crippen LogP contribution in [0.3, 0.4) is 0 Å². The minimum Gasteiger partial charge on any atom is -0.387 e. The lowest BCUT2D eigenvalue weighted by Crippen LogP contribution is -2.62. The smallest absolute Gasteiger partial charge is 0.240 e. The molecule has 2 rings (SSSR count). The summed E-state index contributed by atoms with van der Waals surface area (Å²) in [4.78, 5) is 15.8. The molecule has 96 valence electrons. The van der Waals surface area contributed by atoms with Gasteiger partial charge in [0, 0.05) is 25.8 Å². The monoisotopic (exact) mass is 238 g/mol. The van der Waals surface area contributed by atoms with Crippen LogP contribution in [0.2, 0.25) is 0 Å². The quantitative estimate of drug-likeness (QED) is 0.793. The zero-order valence-electron chi connectivity index (χ0n) is 10.8. The number of carbonyl (C=O) groups excluding carboxylic acids is 1. The molecule has 1 heterocycles. The van der Waals surface area contributed by atoms with Crippen LogP contribution in [0.15, 0.2) is 11.8 Å². The van der Waals surface area contributed by atoms with E-state index < -0.39 is 5.60 Å². The van der Waals surface area contributed by atoms with E-state index in [1.807, 2.05) is 18.9 Å². The molecular formula is C13H22N2O2. The van der Waals surface area contributed by atoms with Gasteiger partial charge < -0.3 is 10.0 Å². The van der Waals surface area contributed by atoms with Crippen molar-refractivity contribution in [3.8, 4) is 0 Å². The molecule has 2 aliphatic rings. The number of β-amino-alcohol motifs (C(OH)–C–C–N with tert-alkyl or cyclic N) is 1. The molecule has 1 aliphatic heterocycles. The summed E-state index contributed by atoms with van der Waals surface area (Å²) in [6.07, 6.45) is 6.18. The first-order chi connectivity index (χ1) is 8.04. The Morgan fingerprint density at radius 1 is 1.59 bits per heavy atom. The number of amides is 1. The van der Waals surface area contributed by atoms with E-state index in [1.165, 1.54) is 0 Å². The van der Waals surface area contributed by atoms with Crippen LogP contribution < -0.4 is 0 Å². The van der Waals surface area contributed by atoms with Crippen LogP contribution in [0.5, 0.6) is 0 Å². The summed E-state index contributed by atoms with van der Waals surface area (Å²) in [5.41, 5.74) is 0.604. The third-order valence-electron chi connectivity index (χ3n) is 3.87. The van der Waals surface area contributed by atoms with Gasteiger partial charge in [-0.1, -0.05) is 13.0 Å². The van der Waals surface area contributed by atoms with E-state index in [0.29, 0.717) is 19.6 Å². The van der Waals surface area contributed by atoms with Gasteiger partial charge in [-0.05, 0) is 25.7 Å². The Bertz CT molecular complexity index is 332. The maximum atomic E-state index is 12.0. The number of allylic oxidation sites excluding steroid dienone is 2. The van der Waals surface area contributed by atoms with Gasteiger partial charge in [-0.3, -0.25) is 9.69 Å². The highest BCUT2D eigenvalue weighted by molar-refractivity contribution is 5.80. The van der Waals surface area contributed by atoms with Crippen molar-refractivity contribution >= 4 is 5.91 Å². The Kier molecular flexibility index (Phi) is 3.54. The molecule has 1 amide bonds. The second kappa shape index (κ2) is 4.78. The molecule has 4 heteroatoms. The fourth-order valence-corrected chi connectivity index (χ4v) is 2.54. The van der Waals surface area contributed by atoms with Gasteiger partial charge in [0.25, 0.3) is 0 Å². The summed E-state index contributed by atoms with van der Waals surface area (Å²) in [5.74, 6) is 0.135. The van der Waals surface area contributed by atoms with Gasteiger partial charge in [-0.15, -0.1) is 0 Å². The van der Waals surface area contributed by atoms with E-state index >= 15 is 0 Å².